The lowest BCUT2D eigenvalue weighted by Crippen LogP contribution is -2.31. The molecule has 1 heterocycles. The summed E-state index contributed by atoms with van der Waals surface area (Å²) in [5.41, 5.74) is 2.14. The minimum atomic E-state index is -3.41. The molecule has 5 nitrogen and oxygen atoms in total. The van der Waals surface area contributed by atoms with E-state index in [9.17, 15) is 8.42 Å². The Labute approximate surface area is 115 Å². The Morgan fingerprint density at radius 1 is 1.37 bits per heavy atom. The van der Waals surface area contributed by atoms with Gasteiger partial charge in [-0.05, 0) is 44.6 Å². The van der Waals surface area contributed by atoms with Crippen LogP contribution in [-0.2, 0) is 16.4 Å². The van der Waals surface area contributed by atoms with Crippen molar-refractivity contribution in [2.75, 3.05) is 39.0 Å². The number of fused-ring (bicyclic) bond motifs is 1. The summed E-state index contributed by atoms with van der Waals surface area (Å²) in [7, 11) is 0.422. The van der Waals surface area contributed by atoms with Crippen molar-refractivity contribution in [2.45, 2.75) is 17.7 Å². The average molecular weight is 283 g/mol. The Morgan fingerprint density at radius 3 is 2.89 bits per heavy atom. The number of hydrogen-bond acceptors (Lipinski definition) is 4. The number of rotatable bonds is 5. The van der Waals surface area contributed by atoms with Crippen LogP contribution < -0.4 is 10.0 Å². The number of sulfonamides is 1. The topological polar surface area (TPSA) is 61.4 Å². The normalized spacial score (nSPS) is 15.1. The lowest BCUT2D eigenvalue weighted by molar-refractivity contribution is 0.412. The highest BCUT2D eigenvalue weighted by Gasteiger charge is 2.17. The van der Waals surface area contributed by atoms with Gasteiger partial charge in [0.15, 0.2) is 0 Å². The fraction of sp³-hybridized carbons (Fsp3) is 0.538. The van der Waals surface area contributed by atoms with E-state index in [1.807, 2.05) is 25.1 Å². The molecule has 1 aromatic rings. The predicted molar refractivity (Wildman–Crippen MR) is 77.0 cm³/mol. The van der Waals surface area contributed by atoms with E-state index < -0.39 is 10.0 Å². The summed E-state index contributed by atoms with van der Waals surface area (Å²) in [5.74, 6) is 0. The Bertz CT molecular complexity index is 541. The monoisotopic (exact) mass is 283 g/mol. The van der Waals surface area contributed by atoms with Gasteiger partial charge in [0.1, 0.15) is 0 Å². The summed E-state index contributed by atoms with van der Waals surface area (Å²) < 4.78 is 26.9. The first kappa shape index (κ1) is 14.3. The minimum Gasteiger partial charge on any atom is -0.385 e. The second kappa shape index (κ2) is 5.90. The summed E-state index contributed by atoms with van der Waals surface area (Å²) in [6.07, 6.45) is 2.11. The standard InChI is InChI=1S/C13H21N3O2S/c1-16(2)9-8-15-19(17,18)12-6-5-11-4-3-7-14-13(11)10-12/h5-6,10,14-15H,3-4,7-9H2,1-2H3. The van der Waals surface area contributed by atoms with E-state index >= 15 is 0 Å². The SMILES string of the molecule is CN(C)CCNS(=O)(=O)c1ccc2c(c1)NCCC2. The Hall–Kier alpha value is -1.11. The molecule has 0 saturated heterocycles. The van der Waals surface area contributed by atoms with Crippen molar-refractivity contribution >= 4 is 15.7 Å². The van der Waals surface area contributed by atoms with Gasteiger partial charge in [0, 0.05) is 25.3 Å². The van der Waals surface area contributed by atoms with Crippen molar-refractivity contribution in [1.82, 2.24) is 9.62 Å². The quantitative estimate of drug-likeness (QED) is 0.842. The Morgan fingerprint density at radius 2 is 2.16 bits per heavy atom. The molecule has 0 spiro atoms. The van der Waals surface area contributed by atoms with E-state index in [2.05, 4.69) is 10.0 Å². The third-order valence-electron chi connectivity index (χ3n) is 3.18. The maximum atomic E-state index is 12.1. The van der Waals surface area contributed by atoms with Crippen LogP contribution in [0.1, 0.15) is 12.0 Å². The molecule has 1 aliphatic rings. The third-order valence-corrected chi connectivity index (χ3v) is 4.64. The van der Waals surface area contributed by atoms with Gasteiger partial charge in [-0.1, -0.05) is 6.07 Å². The van der Waals surface area contributed by atoms with Gasteiger partial charge < -0.3 is 10.2 Å². The van der Waals surface area contributed by atoms with Crippen molar-refractivity contribution in [3.05, 3.63) is 23.8 Å². The van der Waals surface area contributed by atoms with Gasteiger partial charge >= 0.3 is 0 Å². The van der Waals surface area contributed by atoms with Crippen LogP contribution in [0.3, 0.4) is 0 Å². The van der Waals surface area contributed by atoms with Crippen LogP contribution in [0, 0.1) is 0 Å². The van der Waals surface area contributed by atoms with E-state index in [1.54, 1.807) is 12.1 Å². The fourth-order valence-electron chi connectivity index (χ4n) is 2.09. The molecule has 0 bridgehead atoms. The molecule has 19 heavy (non-hydrogen) atoms. The first-order valence-corrected chi connectivity index (χ1v) is 7.98. The second-order valence-electron chi connectivity index (χ2n) is 5.05. The molecule has 0 unspecified atom stereocenters. The number of likely N-dealkylation sites (N-methyl/N-ethyl adjacent to an activating group) is 1. The molecule has 0 atom stereocenters. The maximum absolute atomic E-state index is 12.1. The molecular weight excluding hydrogens is 262 g/mol. The van der Waals surface area contributed by atoms with Crippen LogP contribution in [0.4, 0.5) is 5.69 Å². The highest BCUT2D eigenvalue weighted by molar-refractivity contribution is 7.89. The second-order valence-corrected chi connectivity index (χ2v) is 6.82. The highest BCUT2D eigenvalue weighted by Crippen LogP contribution is 2.24. The van der Waals surface area contributed by atoms with Crippen molar-refractivity contribution < 1.29 is 8.42 Å². The van der Waals surface area contributed by atoms with Crippen molar-refractivity contribution in [1.29, 1.82) is 0 Å². The molecule has 2 N–H and O–H groups in total. The number of anilines is 1. The van der Waals surface area contributed by atoms with Gasteiger partial charge in [0.25, 0.3) is 0 Å². The largest absolute Gasteiger partial charge is 0.385 e. The summed E-state index contributed by atoms with van der Waals surface area (Å²) in [6, 6.07) is 5.32. The maximum Gasteiger partial charge on any atom is 0.240 e. The molecule has 0 radical (unpaired) electrons. The van der Waals surface area contributed by atoms with Gasteiger partial charge in [-0.15, -0.1) is 0 Å². The van der Waals surface area contributed by atoms with Crippen LogP contribution in [0.15, 0.2) is 23.1 Å². The number of hydrogen-bond donors (Lipinski definition) is 2. The molecule has 1 aromatic carbocycles. The van der Waals surface area contributed by atoms with Crippen molar-refractivity contribution in [2.24, 2.45) is 0 Å². The fourth-order valence-corrected chi connectivity index (χ4v) is 3.14. The molecule has 0 aromatic heterocycles. The molecule has 0 amide bonds. The van der Waals surface area contributed by atoms with Gasteiger partial charge in [0.05, 0.1) is 4.90 Å². The molecule has 0 aliphatic carbocycles. The third kappa shape index (κ3) is 3.68. The average Bonchev–Trinajstić information content (AvgIpc) is 2.37. The number of nitrogens with zero attached hydrogens (tertiary/aromatic N) is 1. The van der Waals surface area contributed by atoms with Gasteiger partial charge in [-0.25, -0.2) is 13.1 Å². The molecule has 0 saturated carbocycles. The van der Waals surface area contributed by atoms with Crippen LogP contribution in [-0.4, -0.2) is 47.0 Å². The van der Waals surface area contributed by atoms with Crippen LogP contribution in [0.5, 0.6) is 0 Å². The first-order valence-electron chi connectivity index (χ1n) is 6.50. The van der Waals surface area contributed by atoms with E-state index in [-0.39, 0.29) is 0 Å². The number of benzene rings is 1. The lowest BCUT2D eigenvalue weighted by Gasteiger charge is -2.19. The van der Waals surface area contributed by atoms with Gasteiger partial charge in [0.2, 0.25) is 10.0 Å². The molecule has 106 valence electrons. The van der Waals surface area contributed by atoms with Crippen LogP contribution in [0.2, 0.25) is 0 Å². The smallest absolute Gasteiger partial charge is 0.240 e. The summed E-state index contributed by atoms with van der Waals surface area (Å²) in [4.78, 5) is 2.27. The molecular formula is C13H21N3O2S. The predicted octanol–water partition coefficient (Wildman–Crippen LogP) is 0.885. The summed E-state index contributed by atoms with van der Waals surface area (Å²) >= 11 is 0. The zero-order chi connectivity index (χ0) is 13.9. The summed E-state index contributed by atoms with van der Waals surface area (Å²) in [6.45, 7) is 2.01. The number of aryl methyl sites for hydroxylation is 1. The van der Waals surface area contributed by atoms with E-state index in [4.69, 9.17) is 0 Å². The Kier molecular flexibility index (Phi) is 4.44. The summed E-state index contributed by atoms with van der Waals surface area (Å²) in [5, 5.41) is 3.25. The van der Waals surface area contributed by atoms with E-state index in [1.165, 1.54) is 5.56 Å². The molecule has 0 fully saturated rings. The highest BCUT2D eigenvalue weighted by atomic mass is 32.2. The van der Waals surface area contributed by atoms with Crippen LogP contribution >= 0.6 is 0 Å². The first-order chi connectivity index (χ1) is 8.99. The Balaban J connectivity index is 2.12. The van der Waals surface area contributed by atoms with Gasteiger partial charge in [-0.3, -0.25) is 0 Å². The lowest BCUT2D eigenvalue weighted by atomic mass is 10.0. The van der Waals surface area contributed by atoms with E-state index in [0.29, 0.717) is 18.0 Å². The van der Waals surface area contributed by atoms with Crippen molar-refractivity contribution in [3.63, 3.8) is 0 Å². The van der Waals surface area contributed by atoms with Crippen LogP contribution in [0.25, 0.3) is 0 Å². The zero-order valence-electron chi connectivity index (χ0n) is 11.4. The van der Waals surface area contributed by atoms with E-state index in [0.717, 1.165) is 25.1 Å². The molecule has 2 rings (SSSR count). The zero-order valence-corrected chi connectivity index (χ0v) is 12.3. The molecule has 1 aliphatic heterocycles. The number of nitrogens with one attached hydrogen (secondary N) is 2. The molecule has 6 heteroatoms. The minimum absolute atomic E-state index is 0.333. The van der Waals surface area contributed by atoms with Crippen molar-refractivity contribution in [3.8, 4) is 0 Å². The van der Waals surface area contributed by atoms with Gasteiger partial charge in [-0.2, -0.15) is 0 Å².